The van der Waals surface area contributed by atoms with E-state index in [9.17, 15) is 9.59 Å². The predicted octanol–water partition coefficient (Wildman–Crippen LogP) is 6.01. The molecule has 6 rings (SSSR count). The number of carbonyl (C=O) groups excluding carboxylic acids is 2. The summed E-state index contributed by atoms with van der Waals surface area (Å²) < 4.78 is 14.8. The van der Waals surface area contributed by atoms with Crippen molar-refractivity contribution in [2.45, 2.75) is 103 Å². The number of benzene rings is 1. The van der Waals surface area contributed by atoms with Crippen LogP contribution >= 0.6 is 0 Å². The Morgan fingerprint density at radius 1 is 1.10 bits per heavy atom. The second-order valence-electron chi connectivity index (χ2n) is 14.1. The maximum absolute atomic E-state index is 13.0. The molecule has 1 saturated carbocycles. The van der Waals surface area contributed by atoms with Gasteiger partial charge in [0.1, 0.15) is 22.6 Å². The number of fused-ring (bicyclic) bond motifs is 4. The Morgan fingerprint density at radius 3 is 2.46 bits per heavy atom. The Hall–Kier alpha value is -3.23. The molecule has 0 bridgehead atoms. The summed E-state index contributed by atoms with van der Waals surface area (Å²) in [6, 6.07) is 8.35. The second kappa shape index (κ2) is 9.95. The average molecular weight is 564 g/mol. The Bertz CT molecular complexity index is 1330. The van der Waals surface area contributed by atoms with Crippen LogP contribution in [0.5, 0.6) is 5.75 Å². The summed E-state index contributed by atoms with van der Waals surface area (Å²) in [5, 5.41) is 8.40. The number of amides is 3. The van der Waals surface area contributed by atoms with Gasteiger partial charge in [0.25, 0.3) is 0 Å². The zero-order valence-electron chi connectivity index (χ0n) is 25.5. The Labute approximate surface area is 243 Å². The molecule has 1 atom stereocenters. The van der Waals surface area contributed by atoms with Crippen molar-refractivity contribution in [1.29, 1.82) is 0 Å². The molecule has 41 heavy (non-hydrogen) atoms. The number of urea groups is 1. The summed E-state index contributed by atoms with van der Waals surface area (Å²) in [5.41, 5.74) is 2.85. The third-order valence-corrected chi connectivity index (χ3v) is 9.26. The van der Waals surface area contributed by atoms with Gasteiger partial charge in [-0.05, 0) is 85.3 Å². The highest BCUT2D eigenvalue weighted by atomic mass is 16.6. The molecule has 1 spiro atoms. The highest BCUT2D eigenvalue weighted by Crippen LogP contribution is 2.51. The summed E-state index contributed by atoms with van der Waals surface area (Å²) in [5.74, 6) is 1.52. The molecule has 1 N–H and O–H groups in total. The highest BCUT2D eigenvalue weighted by Gasteiger charge is 2.49. The van der Waals surface area contributed by atoms with Crippen LogP contribution in [0.25, 0.3) is 11.3 Å². The minimum absolute atomic E-state index is 0.0366. The van der Waals surface area contributed by atoms with Gasteiger partial charge in [0, 0.05) is 61.4 Å². The van der Waals surface area contributed by atoms with Gasteiger partial charge in [-0.15, -0.1) is 0 Å². The fraction of sp³-hybridized carbons (Fsp3) is 0.656. The van der Waals surface area contributed by atoms with E-state index in [-0.39, 0.29) is 23.7 Å². The molecule has 1 aromatic heterocycles. The second-order valence-corrected chi connectivity index (χ2v) is 14.1. The van der Waals surface area contributed by atoms with Crippen LogP contribution in [0.1, 0.15) is 90.4 Å². The first-order chi connectivity index (χ1) is 19.4. The fourth-order valence-corrected chi connectivity index (χ4v) is 6.94. The SMILES string of the molecule is Cc1c2c(nn1[C@@H]1CCN(C(=O)OC(C)(C)C)C(C)(C)C1)-c1ccccc1OC21CCN(C(=O)NCC2CC2)CC1. The molecular weight excluding hydrogens is 518 g/mol. The molecule has 1 aliphatic carbocycles. The largest absolute Gasteiger partial charge is 0.482 e. The Kier molecular flexibility index (Phi) is 6.77. The lowest BCUT2D eigenvalue weighted by molar-refractivity contribution is -0.0145. The first-order valence-electron chi connectivity index (χ1n) is 15.3. The molecule has 3 fully saturated rings. The van der Waals surface area contributed by atoms with E-state index in [1.54, 1.807) is 0 Å². The smallest absolute Gasteiger partial charge is 0.410 e. The lowest BCUT2D eigenvalue weighted by atomic mass is 9.79. The Morgan fingerprint density at radius 2 is 1.80 bits per heavy atom. The van der Waals surface area contributed by atoms with Crippen molar-refractivity contribution >= 4 is 12.1 Å². The minimum atomic E-state index is -0.531. The van der Waals surface area contributed by atoms with Crippen LogP contribution in [0.2, 0.25) is 0 Å². The van der Waals surface area contributed by atoms with E-state index >= 15 is 0 Å². The number of para-hydroxylation sites is 1. The number of nitrogens with one attached hydrogen (secondary N) is 1. The highest BCUT2D eigenvalue weighted by molar-refractivity contribution is 5.76. The summed E-state index contributed by atoms with van der Waals surface area (Å²) in [4.78, 5) is 29.7. The molecule has 2 aromatic rings. The minimum Gasteiger partial charge on any atom is -0.482 e. The molecule has 0 unspecified atom stereocenters. The number of ether oxygens (including phenoxy) is 2. The predicted molar refractivity (Wildman–Crippen MR) is 157 cm³/mol. The zero-order chi connectivity index (χ0) is 29.2. The summed E-state index contributed by atoms with van der Waals surface area (Å²) in [7, 11) is 0. The van der Waals surface area contributed by atoms with Crippen molar-refractivity contribution < 1.29 is 19.1 Å². The van der Waals surface area contributed by atoms with Crippen LogP contribution in [-0.4, -0.2) is 69.0 Å². The van der Waals surface area contributed by atoms with Crippen molar-refractivity contribution in [3.63, 3.8) is 0 Å². The summed E-state index contributed by atoms with van der Waals surface area (Å²) in [6.07, 6.45) is 5.21. The van der Waals surface area contributed by atoms with Gasteiger partial charge < -0.3 is 24.6 Å². The standard InChI is InChI=1S/C32H45N5O4/c1-21-26-27(34-37(21)23-13-16-36(31(5,6)19-23)29(39)41-30(2,3)4)24-9-7-8-10-25(24)40-32(26)14-17-35(18-15-32)28(38)33-20-22-11-12-22/h7-10,22-23H,11-20H2,1-6H3,(H,33,38)/t23-/m1/s1. The van der Waals surface area contributed by atoms with Crippen LogP contribution in [0.4, 0.5) is 9.59 Å². The number of hydrogen-bond donors (Lipinski definition) is 1. The molecule has 3 amide bonds. The monoisotopic (exact) mass is 563 g/mol. The van der Waals surface area contributed by atoms with Crippen molar-refractivity contribution in [2.24, 2.45) is 5.92 Å². The molecule has 222 valence electrons. The summed E-state index contributed by atoms with van der Waals surface area (Å²) >= 11 is 0. The van der Waals surface area contributed by atoms with Crippen LogP contribution in [0, 0.1) is 12.8 Å². The molecular formula is C32H45N5O4. The van der Waals surface area contributed by atoms with Crippen LogP contribution in [0.15, 0.2) is 24.3 Å². The lowest BCUT2D eigenvalue weighted by Crippen LogP contribution is -2.54. The number of carbonyl (C=O) groups is 2. The van der Waals surface area contributed by atoms with Crippen LogP contribution < -0.4 is 10.1 Å². The van der Waals surface area contributed by atoms with Gasteiger partial charge in [0.2, 0.25) is 0 Å². The van der Waals surface area contributed by atoms with Gasteiger partial charge in [-0.25, -0.2) is 9.59 Å². The molecule has 4 aliphatic rings. The molecule has 9 heteroatoms. The van der Waals surface area contributed by atoms with Gasteiger partial charge in [-0.1, -0.05) is 12.1 Å². The first-order valence-corrected chi connectivity index (χ1v) is 15.3. The topological polar surface area (TPSA) is 88.9 Å². The number of hydrogen-bond acceptors (Lipinski definition) is 5. The third kappa shape index (κ3) is 5.28. The molecule has 0 radical (unpaired) electrons. The van der Waals surface area contributed by atoms with Crippen molar-refractivity contribution in [2.75, 3.05) is 26.2 Å². The number of likely N-dealkylation sites (tertiary alicyclic amines) is 2. The van der Waals surface area contributed by atoms with Gasteiger partial charge in [0.15, 0.2) is 0 Å². The van der Waals surface area contributed by atoms with E-state index in [1.807, 2.05) is 48.8 Å². The maximum atomic E-state index is 13.0. The van der Waals surface area contributed by atoms with E-state index in [1.165, 1.54) is 12.8 Å². The van der Waals surface area contributed by atoms with Gasteiger partial charge in [0.05, 0.1) is 6.04 Å². The van der Waals surface area contributed by atoms with E-state index in [0.29, 0.717) is 25.6 Å². The maximum Gasteiger partial charge on any atom is 0.410 e. The van der Waals surface area contributed by atoms with E-state index in [0.717, 1.165) is 60.5 Å². The quantitative estimate of drug-likeness (QED) is 0.494. The summed E-state index contributed by atoms with van der Waals surface area (Å²) in [6.45, 7) is 14.8. The van der Waals surface area contributed by atoms with Crippen LogP contribution in [0.3, 0.4) is 0 Å². The fourth-order valence-electron chi connectivity index (χ4n) is 6.94. The molecule has 1 aromatic carbocycles. The van der Waals surface area contributed by atoms with Crippen molar-refractivity contribution in [1.82, 2.24) is 24.9 Å². The average Bonchev–Trinajstić information content (AvgIpc) is 3.66. The zero-order valence-corrected chi connectivity index (χ0v) is 25.5. The van der Waals surface area contributed by atoms with E-state index in [2.05, 4.69) is 36.8 Å². The molecule has 2 saturated heterocycles. The van der Waals surface area contributed by atoms with Gasteiger partial charge >= 0.3 is 12.1 Å². The van der Waals surface area contributed by atoms with Crippen molar-refractivity contribution in [3.05, 3.63) is 35.5 Å². The van der Waals surface area contributed by atoms with Gasteiger partial charge in [-0.2, -0.15) is 5.10 Å². The lowest BCUT2D eigenvalue weighted by Gasteiger charge is -2.46. The first kappa shape index (κ1) is 27.9. The van der Waals surface area contributed by atoms with E-state index in [4.69, 9.17) is 14.6 Å². The number of aromatic nitrogens is 2. The molecule has 3 aliphatic heterocycles. The van der Waals surface area contributed by atoms with Crippen LogP contribution in [-0.2, 0) is 10.3 Å². The Balaban J connectivity index is 1.27. The number of nitrogens with zero attached hydrogens (tertiary/aromatic N) is 4. The van der Waals surface area contributed by atoms with Gasteiger partial charge in [-0.3, -0.25) is 4.68 Å². The molecule has 9 nitrogen and oxygen atoms in total. The number of piperidine rings is 2. The number of rotatable bonds is 3. The van der Waals surface area contributed by atoms with Crippen molar-refractivity contribution in [3.8, 4) is 17.0 Å². The normalized spacial score (nSPS) is 22.9. The molecule has 4 heterocycles. The third-order valence-electron chi connectivity index (χ3n) is 9.26. The van der Waals surface area contributed by atoms with E-state index < -0.39 is 11.2 Å².